The molecule has 6 heteroatoms. The second-order valence-corrected chi connectivity index (χ2v) is 3.76. The Bertz CT molecular complexity index is 745. The molecule has 3 aromatic rings. The Hall–Kier alpha value is -2.63. The van der Waals surface area contributed by atoms with Gasteiger partial charge in [0.15, 0.2) is 5.76 Å². The van der Waals surface area contributed by atoms with Gasteiger partial charge in [0.2, 0.25) is 0 Å². The van der Waals surface area contributed by atoms with Crippen molar-refractivity contribution in [3.05, 3.63) is 41.8 Å². The van der Waals surface area contributed by atoms with Crippen LogP contribution in [-0.4, -0.2) is 21.2 Å². The van der Waals surface area contributed by atoms with E-state index in [0.29, 0.717) is 16.6 Å². The van der Waals surface area contributed by atoms with E-state index in [1.807, 2.05) is 0 Å². The molecule has 0 aliphatic carbocycles. The molecule has 1 aromatic carbocycles. The molecule has 0 aliphatic rings. The molecule has 2 N–H and O–H groups in total. The van der Waals surface area contributed by atoms with E-state index in [1.54, 1.807) is 18.2 Å². The number of carboxylic acid groups (broad SMARTS) is 1. The summed E-state index contributed by atoms with van der Waals surface area (Å²) < 4.78 is 18.4. The minimum Gasteiger partial charge on any atom is -0.477 e. The molecule has 18 heavy (non-hydrogen) atoms. The molecular weight excluding hydrogens is 239 g/mol. The number of carboxylic acids is 1. The molecule has 0 unspecified atom stereocenters. The van der Waals surface area contributed by atoms with Crippen LogP contribution < -0.4 is 0 Å². The first kappa shape index (κ1) is 10.5. The molecule has 0 saturated heterocycles. The van der Waals surface area contributed by atoms with Gasteiger partial charge in [-0.05, 0) is 12.1 Å². The Morgan fingerprint density at radius 1 is 1.44 bits per heavy atom. The van der Waals surface area contributed by atoms with E-state index in [4.69, 9.17) is 9.63 Å². The zero-order chi connectivity index (χ0) is 12.7. The van der Waals surface area contributed by atoms with Crippen LogP contribution in [0.3, 0.4) is 0 Å². The number of benzene rings is 1. The third kappa shape index (κ3) is 1.46. The van der Waals surface area contributed by atoms with Crippen LogP contribution in [0.25, 0.3) is 22.4 Å². The number of rotatable bonds is 2. The van der Waals surface area contributed by atoms with Crippen LogP contribution in [0.1, 0.15) is 10.4 Å². The maximum atomic E-state index is 13.5. The van der Waals surface area contributed by atoms with Gasteiger partial charge in [0.05, 0.1) is 17.4 Å². The summed E-state index contributed by atoms with van der Waals surface area (Å²) in [6, 6.07) is 6.23. The molecule has 0 atom stereocenters. The highest BCUT2D eigenvalue weighted by Gasteiger charge is 2.19. The van der Waals surface area contributed by atoms with Crippen molar-refractivity contribution in [1.82, 2.24) is 10.1 Å². The lowest BCUT2D eigenvalue weighted by molar-refractivity contribution is 0.0697. The molecule has 2 heterocycles. The summed E-state index contributed by atoms with van der Waals surface area (Å²) >= 11 is 0. The number of fused-ring (bicyclic) bond motifs is 1. The van der Waals surface area contributed by atoms with Crippen LogP contribution >= 0.6 is 0 Å². The monoisotopic (exact) mass is 246 g/mol. The maximum absolute atomic E-state index is 13.5. The summed E-state index contributed by atoms with van der Waals surface area (Å²) in [5.74, 6) is -1.47. The number of aromatic carboxylic acids is 1. The van der Waals surface area contributed by atoms with E-state index in [9.17, 15) is 9.18 Å². The Labute approximate surface area is 99.8 Å². The number of para-hydroxylation sites is 1. The van der Waals surface area contributed by atoms with E-state index in [-0.39, 0.29) is 11.3 Å². The summed E-state index contributed by atoms with van der Waals surface area (Å²) in [6.45, 7) is 0. The third-order valence-electron chi connectivity index (χ3n) is 2.65. The first-order chi connectivity index (χ1) is 8.66. The lowest BCUT2D eigenvalue weighted by Crippen LogP contribution is -1.95. The number of H-pyrrole nitrogens is 1. The average molecular weight is 246 g/mol. The summed E-state index contributed by atoms with van der Waals surface area (Å²) in [5, 5.41) is 13.0. The largest absolute Gasteiger partial charge is 0.477 e. The second-order valence-electron chi connectivity index (χ2n) is 3.76. The summed E-state index contributed by atoms with van der Waals surface area (Å²) in [7, 11) is 0. The molecule has 90 valence electrons. The average Bonchev–Trinajstić information content (AvgIpc) is 2.95. The first-order valence-corrected chi connectivity index (χ1v) is 5.12. The minimum absolute atomic E-state index is 0.0676. The normalized spacial score (nSPS) is 10.9. The number of halogens is 1. The zero-order valence-corrected chi connectivity index (χ0v) is 8.98. The van der Waals surface area contributed by atoms with Crippen LogP contribution in [0.5, 0.6) is 0 Å². The molecule has 5 nitrogen and oxygen atoms in total. The molecular formula is C12H7FN2O3. The Kier molecular flexibility index (Phi) is 2.16. The fourth-order valence-corrected chi connectivity index (χ4v) is 1.83. The van der Waals surface area contributed by atoms with Gasteiger partial charge in [0.25, 0.3) is 0 Å². The standard InChI is InChI=1S/C12H7FN2O3/c13-8-3-1-2-6-4-9(15-10(6)8)11-7(12(16)17)5-14-18-11/h1-5,15H,(H,16,17). The second kappa shape index (κ2) is 3.69. The Balaban J connectivity index is 2.23. The lowest BCUT2D eigenvalue weighted by atomic mass is 10.2. The molecule has 0 saturated carbocycles. The topological polar surface area (TPSA) is 79.1 Å². The van der Waals surface area contributed by atoms with Gasteiger partial charge in [0, 0.05) is 5.39 Å². The highest BCUT2D eigenvalue weighted by atomic mass is 19.1. The summed E-state index contributed by atoms with van der Waals surface area (Å²) in [5.41, 5.74) is 0.618. The Morgan fingerprint density at radius 2 is 2.28 bits per heavy atom. The van der Waals surface area contributed by atoms with Crippen LogP contribution in [-0.2, 0) is 0 Å². The predicted octanol–water partition coefficient (Wildman–Crippen LogP) is 2.66. The van der Waals surface area contributed by atoms with E-state index in [0.717, 1.165) is 6.20 Å². The summed E-state index contributed by atoms with van der Waals surface area (Å²) in [6.07, 6.45) is 1.11. The van der Waals surface area contributed by atoms with Gasteiger partial charge in [0.1, 0.15) is 11.4 Å². The van der Waals surface area contributed by atoms with Crippen molar-refractivity contribution < 1.29 is 18.8 Å². The molecule has 0 bridgehead atoms. The van der Waals surface area contributed by atoms with Crippen LogP contribution in [0, 0.1) is 5.82 Å². The summed E-state index contributed by atoms with van der Waals surface area (Å²) in [4.78, 5) is 13.7. The Morgan fingerprint density at radius 3 is 3.00 bits per heavy atom. The van der Waals surface area contributed by atoms with Crippen molar-refractivity contribution >= 4 is 16.9 Å². The number of nitrogens with one attached hydrogen (secondary N) is 1. The van der Waals surface area contributed by atoms with Crippen molar-refractivity contribution in [3.8, 4) is 11.5 Å². The van der Waals surface area contributed by atoms with Crippen molar-refractivity contribution in [2.24, 2.45) is 0 Å². The highest BCUT2D eigenvalue weighted by molar-refractivity contribution is 5.95. The number of aromatic amines is 1. The van der Waals surface area contributed by atoms with Gasteiger partial charge < -0.3 is 14.6 Å². The van der Waals surface area contributed by atoms with Crippen LogP contribution in [0.2, 0.25) is 0 Å². The minimum atomic E-state index is -1.15. The SMILES string of the molecule is O=C(O)c1cnoc1-c1cc2cccc(F)c2[nH]1. The molecule has 0 fully saturated rings. The fourth-order valence-electron chi connectivity index (χ4n) is 1.83. The van der Waals surface area contributed by atoms with E-state index in [1.165, 1.54) is 6.07 Å². The number of aromatic nitrogens is 2. The quantitative estimate of drug-likeness (QED) is 0.728. The van der Waals surface area contributed by atoms with Crippen LogP contribution in [0.4, 0.5) is 4.39 Å². The zero-order valence-electron chi connectivity index (χ0n) is 8.98. The van der Waals surface area contributed by atoms with Gasteiger partial charge >= 0.3 is 5.97 Å². The van der Waals surface area contributed by atoms with E-state index in [2.05, 4.69) is 10.1 Å². The van der Waals surface area contributed by atoms with E-state index < -0.39 is 11.8 Å². The van der Waals surface area contributed by atoms with Crippen molar-refractivity contribution in [2.75, 3.05) is 0 Å². The van der Waals surface area contributed by atoms with Crippen molar-refractivity contribution in [2.45, 2.75) is 0 Å². The highest BCUT2D eigenvalue weighted by Crippen LogP contribution is 2.27. The van der Waals surface area contributed by atoms with Gasteiger partial charge in [-0.25, -0.2) is 9.18 Å². The molecule has 0 aliphatic heterocycles. The number of carbonyl (C=O) groups is 1. The van der Waals surface area contributed by atoms with Gasteiger partial charge in [-0.2, -0.15) is 0 Å². The van der Waals surface area contributed by atoms with Crippen molar-refractivity contribution in [3.63, 3.8) is 0 Å². The molecule has 0 spiro atoms. The first-order valence-electron chi connectivity index (χ1n) is 5.12. The molecule has 0 radical (unpaired) electrons. The fraction of sp³-hybridized carbons (Fsp3) is 0. The van der Waals surface area contributed by atoms with Crippen molar-refractivity contribution in [1.29, 1.82) is 0 Å². The van der Waals surface area contributed by atoms with E-state index >= 15 is 0 Å². The van der Waals surface area contributed by atoms with Gasteiger partial charge in [-0.3, -0.25) is 0 Å². The molecule has 0 amide bonds. The third-order valence-corrected chi connectivity index (χ3v) is 2.65. The smallest absolute Gasteiger partial charge is 0.341 e. The number of hydrogen-bond acceptors (Lipinski definition) is 3. The lowest BCUT2D eigenvalue weighted by Gasteiger charge is -1.92. The molecule has 2 aromatic heterocycles. The number of hydrogen-bond donors (Lipinski definition) is 2. The van der Waals surface area contributed by atoms with Gasteiger partial charge in [-0.1, -0.05) is 17.3 Å². The predicted molar refractivity (Wildman–Crippen MR) is 60.7 cm³/mol. The number of nitrogens with zero attached hydrogens (tertiary/aromatic N) is 1. The maximum Gasteiger partial charge on any atom is 0.341 e. The van der Waals surface area contributed by atoms with Crippen LogP contribution in [0.15, 0.2) is 35.0 Å². The molecule has 3 rings (SSSR count). The van der Waals surface area contributed by atoms with Gasteiger partial charge in [-0.15, -0.1) is 0 Å².